The van der Waals surface area contributed by atoms with Crippen molar-refractivity contribution in [2.75, 3.05) is 0 Å². The molecule has 0 aliphatic carbocycles. The number of benzene rings is 1. The number of carbonyl (C=O) groups excluding carboxylic acids is 2. The van der Waals surface area contributed by atoms with Gasteiger partial charge in [0.2, 0.25) is 5.91 Å². The van der Waals surface area contributed by atoms with Crippen LogP contribution in [-0.4, -0.2) is 43.1 Å². The van der Waals surface area contributed by atoms with E-state index in [1.807, 2.05) is 41.8 Å². The number of pyridine rings is 1. The van der Waals surface area contributed by atoms with Crippen LogP contribution in [-0.2, 0) is 21.9 Å². The summed E-state index contributed by atoms with van der Waals surface area (Å²) in [7, 11) is 0. The van der Waals surface area contributed by atoms with Crippen LogP contribution in [0.5, 0.6) is 0 Å². The number of amides is 2. The molecule has 6 rings (SSSR count). The number of thiophene rings is 1. The Morgan fingerprint density at radius 2 is 2.00 bits per heavy atom. The largest absolute Gasteiger partial charge is 0.351 e. The third-order valence-corrected chi connectivity index (χ3v) is 8.06. The van der Waals surface area contributed by atoms with E-state index in [0.29, 0.717) is 45.4 Å². The number of nitrogens with one attached hydrogen (secondary N) is 1. The number of amidine groups is 2. The zero-order chi connectivity index (χ0) is 26.2. The van der Waals surface area contributed by atoms with Crippen LogP contribution >= 0.6 is 34.7 Å². The second-order valence-corrected chi connectivity index (χ2v) is 11.0. The highest BCUT2D eigenvalue weighted by Gasteiger charge is 2.42. The molecule has 190 valence electrons. The van der Waals surface area contributed by atoms with Crippen LogP contribution in [0, 0.1) is 0 Å². The lowest BCUT2D eigenvalue weighted by atomic mass is 10.1. The van der Waals surface area contributed by atoms with E-state index in [-0.39, 0.29) is 23.8 Å². The molecule has 0 fully saturated rings. The first-order valence-corrected chi connectivity index (χ1v) is 13.9. The fraction of sp³-hybridized carbons (Fsp3) is 0.154. The summed E-state index contributed by atoms with van der Waals surface area (Å²) in [4.78, 5) is 55.1. The number of fused-ring (bicyclic) bond motifs is 4. The highest BCUT2D eigenvalue weighted by atomic mass is 35.5. The minimum Gasteiger partial charge on any atom is -0.351 e. The van der Waals surface area contributed by atoms with Crippen LogP contribution < -0.4 is 10.9 Å². The fourth-order valence-corrected chi connectivity index (χ4v) is 5.92. The highest BCUT2D eigenvalue weighted by Crippen LogP contribution is 2.34. The van der Waals surface area contributed by atoms with E-state index in [9.17, 15) is 14.4 Å². The van der Waals surface area contributed by atoms with E-state index in [1.54, 1.807) is 23.5 Å². The Morgan fingerprint density at radius 3 is 2.84 bits per heavy atom. The first kappa shape index (κ1) is 24.5. The third kappa shape index (κ3) is 4.75. The van der Waals surface area contributed by atoms with Crippen LogP contribution in [0.3, 0.4) is 0 Å². The predicted molar refractivity (Wildman–Crippen MR) is 149 cm³/mol. The van der Waals surface area contributed by atoms with Crippen molar-refractivity contribution in [1.82, 2.24) is 19.6 Å². The molecular weight excluding hydrogens is 544 g/mol. The van der Waals surface area contributed by atoms with Crippen LogP contribution in [0.1, 0.15) is 22.6 Å². The molecule has 2 aliphatic rings. The fourth-order valence-electron chi connectivity index (χ4n) is 4.22. The molecule has 0 saturated carbocycles. The number of hydrogen-bond donors (Lipinski definition) is 1. The maximum atomic E-state index is 13.5. The maximum absolute atomic E-state index is 13.5. The molecule has 0 unspecified atom stereocenters. The average Bonchev–Trinajstić information content (AvgIpc) is 3.55. The van der Waals surface area contributed by atoms with Gasteiger partial charge in [0.1, 0.15) is 17.5 Å². The van der Waals surface area contributed by atoms with Crippen LogP contribution in [0.15, 0.2) is 81.0 Å². The summed E-state index contributed by atoms with van der Waals surface area (Å²) in [6.45, 7) is 0.411. The molecule has 3 aromatic heterocycles. The average molecular weight is 563 g/mol. The summed E-state index contributed by atoms with van der Waals surface area (Å²) in [6.07, 6.45) is 1.46. The first-order valence-electron chi connectivity index (χ1n) is 11.7. The van der Waals surface area contributed by atoms with E-state index in [4.69, 9.17) is 16.6 Å². The predicted octanol–water partition coefficient (Wildman–Crippen LogP) is 4.01. The van der Waals surface area contributed by atoms with Gasteiger partial charge in [0, 0.05) is 28.5 Å². The maximum Gasteiger partial charge on any atom is 0.259 e. The van der Waals surface area contributed by atoms with Gasteiger partial charge in [0.25, 0.3) is 11.5 Å². The number of nitrogens with zero attached hydrogens (tertiary/aromatic N) is 5. The van der Waals surface area contributed by atoms with Gasteiger partial charge in [-0.3, -0.25) is 23.8 Å². The molecule has 0 radical (unpaired) electrons. The standard InChI is InChI=1S/C26H19ClN6O3S2/c27-15-7-8-21-29-16(10-23(35)32(21)13-15)14-38-26-31-19-6-2-1-5-18(19)24-30-20(25(36)33(24)26)11-22(34)28-12-17-4-3-9-37-17/h1-10,13,20H,11-12,14H2,(H,28,34)/t20-/m0/s1. The van der Waals surface area contributed by atoms with Crippen molar-refractivity contribution in [2.45, 2.75) is 24.8 Å². The quantitative estimate of drug-likeness (QED) is 0.382. The van der Waals surface area contributed by atoms with E-state index < -0.39 is 6.04 Å². The number of aliphatic imine (C=N–C) groups is 2. The molecule has 1 N–H and O–H groups in total. The summed E-state index contributed by atoms with van der Waals surface area (Å²) in [5, 5.41) is 5.67. The zero-order valence-corrected chi connectivity index (χ0v) is 22.1. The molecule has 1 atom stereocenters. The number of rotatable bonds is 6. The monoisotopic (exact) mass is 562 g/mol. The van der Waals surface area contributed by atoms with Crippen molar-refractivity contribution in [1.29, 1.82) is 0 Å². The molecule has 4 aromatic rings. The molecule has 5 heterocycles. The van der Waals surface area contributed by atoms with Gasteiger partial charge in [-0.15, -0.1) is 11.3 Å². The summed E-state index contributed by atoms with van der Waals surface area (Å²) < 4.78 is 1.38. The molecule has 2 amide bonds. The third-order valence-electron chi connectivity index (χ3n) is 5.99. The van der Waals surface area contributed by atoms with Gasteiger partial charge in [-0.05, 0) is 35.7 Å². The van der Waals surface area contributed by atoms with Gasteiger partial charge in [0.15, 0.2) is 5.17 Å². The number of aromatic nitrogens is 2. The number of carbonyl (C=O) groups is 2. The van der Waals surface area contributed by atoms with E-state index in [2.05, 4.69) is 15.3 Å². The second kappa shape index (κ2) is 10.2. The van der Waals surface area contributed by atoms with Crippen LogP contribution in [0.2, 0.25) is 5.02 Å². The van der Waals surface area contributed by atoms with Crippen molar-refractivity contribution in [3.8, 4) is 0 Å². The number of thioether (sulfide) groups is 1. The molecule has 0 bridgehead atoms. The minimum atomic E-state index is -0.849. The normalized spacial score (nSPS) is 16.2. The van der Waals surface area contributed by atoms with Crippen LogP contribution in [0.4, 0.5) is 5.69 Å². The molecule has 38 heavy (non-hydrogen) atoms. The highest BCUT2D eigenvalue weighted by molar-refractivity contribution is 8.13. The molecule has 0 saturated heterocycles. The van der Waals surface area contributed by atoms with Crippen molar-refractivity contribution in [2.24, 2.45) is 9.98 Å². The lowest BCUT2D eigenvalue weighted by molar-refractivity contribution is -0.128. The van der Waals surface area contributed by atoms with Gasteiger partial charge < -0.3 is 5.32 Å². The Labute approximate surface area is 229 Å². The Kier molecular flexibility index (Phi) is 6.56. The van der Waals surface area contributed by atoms with Gasteiger partial charge in [-0.2, -0.15) is 0 Å². The Hall–Kier alpha value is -3.80. The lowest BCUT2D eigenvalue weighted by Gasteiger charge is -2.25. The summed E-state index contributed by atoms with van der Waals surface area (Å²) >= 11 is 8.84. The minimum absolute atomic E-state index is 0.0596. The first-order chi connectivity index (χ1) is 18.5. The second-order valence-electron chi connectivity index (χ2n) is 8.56. The van der Waals surface area contributed by atoms with Gasteiger partial charge in [-0.1, -0.05) is 41.6 Å². The lowest BCUT2D eigenvalue weighted by Crippen LogP contribution is -2.42. The number of para-hydroxylation sites is 1. The number of hydrogen-bond acceptors (Lipinski definition) is 8. The Morgan fingerprint density at radius 1 is 1.13 bits per heavy atom. The van der Waals surface area contributed by atoms with Crippen molar-refractivity contribution >= 4 is 68.9 Å². The van der Waals surface area contributed by atoms with Gasteiger partial charge >= 0.3 is 0 Å². The topological polar surface area (TPSA) is 108 Å². The van der Waals surface area contributed by atoms with Gasteiger partial charge in [-0.25, -0.2) is 14.9 Å². The molecule has 1 aromatic carbocycles. The summed E-state index contributed by atoms with van der Waals surface area (Å²) in [5.74, 6) is 0.216. The zero-order valence-electron chi connectivity index (χ0n) is 19.7. The van der Waals surface area contributed by atoms with E-state index in [1.165, 1.54) is 33.3 Å². The van der Waals surface area contributed by atoms with Crippen molar-refractivity contribution < 1.29 is 9.59 Å². The molecular formula is C26H19ClN6O3S2. The van der Waals surface area contributed by atoms with E-state index >= 15 is 0 Å². The molecule has 9 nitrogen and oxygen atoms in total. The molecule has 0 spiro atoms. The Balaban J connectivity index is 1.23. The smallest absolute Gasteiger partial charge is 0.259 e. The Bertz CT molecular complexity index is 1700. The summed E-state index contributed by atoms with van der Waals surface area (Å²) in [5.41, 5.74) is 2.17. The summed E-state index contributed by atoms with van der Waals surface area (Å²) in [6, 6.07) is 15.2. The van der Waals surface area contributed by atoms with Crippen LogP contribution in [0.25, 0.3) is 5.65 Å². The van der Waals surface area contributed by atoms with Gasteiger partial charge in [0.05, 0.1) is 29.4 Å². The molecule has 12 heteroatoms. The molecule has 2 aliphatic heterocycles. The van der Waals surface area contributed by atoms with E-state index in [0.717, 1.165) is 10.4 Å². The number of halogens is 1. The SMILES string of the molecule is O=C(C[C@@H]1N=C2c3ccccc3N=C(SCc3cc(=O)n4cc(Cl)ccc4n3)N2C1=O)NCc1cccs1. The van der Waals surface area contributed by atoms with Crippen molar-refractivity contribution in [3.05, 3.63) is 97.7 Å². The van der Waals surface area contributed by atoms with Crippen molar-refractivity contribution in [3.63, 3.8) is 0 Å².